The Balaban J connectivity index is 1.63. The zero-order valence-electron chi connectivity index (χ0n) is 10.7. The third-order valence-electron chi connectivity index (χ3n) is 3.27. The number of benzene rings is 1. The molecule has 2 heterocycles. The van der Waals surface area contributed by atoms with Crippen LogP contribution in [0.4, 0.5) is 0 Å². The molecule has 0 spiro atoms. The fourth-order valence-corrected chi connectivity index (χ4v) is 2.32. The van der Waals surface area contributed by atoms with Crippen molar-refractivity contribution >= 4 is 10.9 Å². The van der Waals surface area contributed by atoms with E-state index in [-0.39, 0.29) is 12.6 Å². The molecule has 19 heavy (non-hydrogen) atoms. The van der Waals surface area contributed by atoms with Gasteiger partial charge in [0.15, 0.2) is 12.6 Å². The zero-order chi connectivity index (χ0) is 13.2. The molecule has 0 bridgehead atoms. The van der Waals surface area contributed by atoms with E-state index in [0.29, 0.717) is 5.56 Å². The van der Waals surface area contributed by atoms with Crippen molar-refractivity contribution in [1.82, 2.24) is 9.78 Å². The second-order valence-electron chi connectivity index (χ2n) is 4.66. The summed E-state index contributed by atoms with van der Waals surface area (Å²) in [6, 6.07) is 7.76. The molecule has 0 saturated carbocycles. The second kappa shape index (κ2) is 5.00. The number of aryl methyl sites for hydroxylation is 1. The lowest BCUT2D eigenvalue weighted by Crippen LogP contribution is -2.38. The Labute approximate surface area is 111 Å². The van der Waals surface area contributed by atoms with Crippen molar-refractivity contribution in [1.29, 1.82) is 5.26 Å². The monoisotopic (exact) mass is 257 g/mol. The zero-order valence-corrected chi connectivity index (χ0v) is 10.7. The number of fused-ring (bicyclic) bond motifs is 1. The SMILES string of the molecule is CC1OC(CCCn2ncc3cc(C#N)ccc32)O1. The van der Waals surface area contributed by atoms with E-state index in [1.165, 1.54) is 0 Å². The van der Waals surface area contributed by atoms with E-state index >= 15 is 0 Å². The van der Waals surface area contributed by atoms with E-state index in [0.717, 1.165) is 30.3 Å². The van der Waals surface area contributed by atoms with E-state index in [4.69, 9.17) is 14.7 Å². The van der Waals surface area contributed by atoms with Crippen LogP contribution >= 0.6 is 0 Å². The maximum atomic E-state index is 8.86. The van der Waals surface area contributed by atoms with Gasteiger partial charge in [-0.05, 0) is 31.5 Å². The molecule has 1 saturated heterocycles. The molecule has 5 nitrogen and oxygen atoms in total. The number of nitrogens with zero attached hydrogens (tertiary/aromatic N) is 3. The molecular weight excluding hydrogens is 242 g/mol. The van der Waals surface area contributed by atoms with E-state index in [1.807, 2.05) is 29.8 Å². The Bertz CT molecular complexity index is 623. The third kappa shape index (κ3) is 2.46. The lowest BCUT2D eigenvalue weighted by atomic mass is 10.2. The highest BCUT2D eigenvalue weighted by Crippen LogP contribution is 2.21. The Hall–Kier alpha value is -1.90. The summed E-state index contributed by atoms with van der Waals surface area (Å²) in [6.07, 6.45) is 3.52. The molecule has 2 aromatic rings. The molecule has 0 N–H and O–H groups in total. The van der Waals surface area contributed by atoms with Crippen molar-refractivity contribution in [3.8, 4) is 6.07 Å². The summed E-state index contributed by atoms with van der Waals surface area (Å²) in [5, 5.41) is 14.2. The minimum absolute atomic E-state index is 0.0537. The third-order valence-corrected chi connectivity index (χ3v) is 3.27. The highest BCUT2D eigenvalue weighted by molar-refractivity contribution is 5.80. The topological polar surface area (TPSA) is 60.1 Å². The van der Waals surface area contributed by atoms with Gasteiger partial charge >= 0.3 is 0 Å². The lowest BCUT2D eigenvalue weighted by Gasteiger charge is -2.33. The van der Waals surface area contributed by atoms with Crippen LogP contribution in [0.15, 0.2) is 24.4 Å². The molecule has 0 aliphatic carbocycles. The first-order chi connectivity index (χ1) is 9.26. The Morgan fingerprint density at radius 2 is 2.26 bits per heavy atom. The predicted molar refractivity (Wildman–Crippen MR) is 69.1 cm³/mol. The van der Waals surface area contributed by atoms with Crippen LogP contribution in [0, 0.1) is 11.3 Å². The van der Waals surface area contributed by atoms with Crippen molar-refractivity contribution in [2.24, 2.45) is 0 Å². The molecule has 3 rings (SSSR count). The van der Waals surface area contributed by atoms with Gasteiger partial charge in [0.2, 0.25) is 0 Å². The summed E-state index contributed by atoms with van der Waals surface area (Å²) in [5.74, 6) is 0. The second-order valence-corrected chi connectivity index (χ2v) is 4.66. The van der Waals surface area contributed by atoms with E-state index in [1.54, 1.807) is 6.20 Å². The number of rotatable bonds is 4. The van der Waals surface area contributed by atoms with Gasteiger partial charge in [-0.15, -0.1) is 0 Å². The highest BCUT2D eigenvalue weighted by Gasteiger charge is 2.25. The summed E-state index contributed by atoms with van der Waals surface area (Å²) in [4.78, 5) is 0. The van der Waals surface area contributed by atoms with Gasteiger partial charge in [0.05, 0.1) is 23.3 Å². The minimum Gasteiger partial charge on any atom is -0.324 e. The fourth-order valence-electron chi connectivity index (χ4n) is 2.32. The number of nitriles is 1. The Kier molecular flexibility index (Phi) is 3.20. The van der Waals surface area contributed by atoms with Gasteiger partial charge in [-0.1, -0.05) is 0 Å². The summed E-state index contributed by atoms with van der Waals surface area (Å²) < 4.78 is 12.7. The summed E-state index contributed by atoms with van der Waals surface area (Å²) in [5.41, 5.74) is 1.72. The van der Waals surface area contributed by atoms with Crippen LogP contribution in [0.2, 0.25) is 0 Å². The van der Waals surface area contributed by atoms with Crippen molar-refractivity contribution in [2.45, 2.75) is 38.9 Å². The molecule has 1 fully saturated rings. The van der Waals surface area contributed by atoms with Gasteiger partial charge in [0.1, 0.15) is 0 Å². The minimum atomic E-state index is -0.0556. The molecule has 0 atom stereocenters. The molecule has 0 radical (unpaired) electrons. The van der Waals surface area contributed by atoms with Gasteiger partial charge in [-0.2, -0.15) is 10.4 Å². The van der Waals surface area contributed by atoms with Crippen LogP contribution in [0.1, 0.15) is 25.3 Å². The smallest absolute Gasteiger partial charge is 0.163 e. The van der Waals surface area contributed by atoms with Gasteiger partial charge in [0, 0.05) is 18.4 Å². The molecule has 1 aliphatic heterocycles. The number of ether oxygens (including phenoxy) is 2. The molecule has 1 aromatic carbocycles. The Morgan fingerprint density at radius 1 is 1.42 bits per heavy atom. The number of aromatic nitrogens is 2. The van der Waals surface area contributed by atoms with Gasteiger partial charge in [-0.25, -0.2) is 0 Å². The summed E-state index contributed by atoms with van der Waals surface area (Å²) in [6.45, 7) is 2.72. The van der Waals surface area contributed by atoms with Crippen LogP contribution in [0.3, 0.4) is 0 Å². The van der Waals surface area contributed by atoms with E-state index in [2.05, 4.69) is 11.2 Å². The average Bonchev–Trinajstić information content (AvgIpc) is 2.79. The number of hydrogen-bond donors (Lipinski definition) is 0. The normalized spacial score (nSPS) is 22.1. The summed E-state index contributed by atoms with van der Waals surface area (Å²) >= 11 is 0. The molecular formula is C14H15N3O2. The first-order valence-corrected chi connectivity index (χ1v) is 6.43. The largest absolute Gasteiger partial charge is 0.324 e. The van der Waals surface area contributed by atoms with Crippen LogP contribution in [-0.4, -0.2) is 22.4 Å². The van der Waals surface area contributed by atoms with Crippen molar-refractivity contribution < 1.29 is 9.47 Å². The average molecular weight is 257 g/mol. The van der Waals surface area contributed by atoms with E-state index in [9.17, 15) is 0 Å². The molecule has 98 valence electrons. The van der Waals surface area contributed by atoms with Crippen LogP contribution < -0.4 is 0 Å². The fraction of sp³-hybridized carbons (Fsp3) is 0.429. The quantitative estimate of drug-likeness (QED) is 0.843. The highest BCUT2D eigenvalue weighted by atomic mass is 16.9. The van der Waals surface area contributed by atoms with Gasteiger partial charge in [-0.3, -0.25) is 4.68 Å². The van der Waals surface area contributed by atoms with Crippen LogP contribution in [0.5, 0.6) is 0 Å². The first kappa shape index (κ1) is 12.2. The maximum Gasteiger partial charge on any atom is 0.163 e. The molecule has 0 amide bonds. The first-order valence-electron chi connectivity index (χ1n) is 6.43. The van der Waals surface area contributed by atoms with E-state index < -0.39 is 0 Å². The lowest BCUT2D eigenvalue weighted by molar-refractivity contribution is -0.377. The Morgan fingerprint density at radius 3 is 3.00 bits per heavy atom. The van der Waals surface area contributed by atoms with Crippen LogP contribution in [0.25, 0.3) is 10.9 Å². The molecule has 5 heteroatoms. The molecule has 1 aliphatic rings. The molecule has 1 aromatic heterocycles. The van der Waals surface area contributed by atoms with Crippen LogP contribution in [-0.2, 0) is 16.0 Å². The maximum absolute atomic E-state index is 8.86. The predicted octanol–water partition coefficient (Wildman–Crippen LogP) is 2.41. The van der Waals surface area contributed by atoms with Crippen molar-refractivity contribution in [3.63, 3.8) is 0 Å². The molecule has 0 unspecified atom stereocenters. The standard InChI is InChI=1S/C14H15N3O2/c1-10-18-14(19-10)3-2-6-17-13-5-4-11(8-15)7-12(13)9-16-17/h4-5,7,9-10,14H,2-3,6H2,1H3. The van der Waals surface area contributed by atoms with Crippen molar-refractivity contribution in [2.75, 3.05) is 0 Å². The van der Waals surface area contributed by atoms with Crippen molar-refractivity contribution in [3.05, 3.63) is 30.0 Å². The van der Waals surface area contributed by atoms with Gasteiger partial charge in [0.25, 0.3) is 0 Å². The van der Waals surface area contributed by atoms with Gasteiger partial charge < -0.3 is 9.47 Å². The summed E-state index contributed by atoms with van der Waals surface area (Å²) in [7, 11) is 0. The number of hydrogen-bond acceptors (Lipinski definition) is 4.